The number of hydrogen-bond acceptors (Lipinski definition) is 2. The first-order valence-corrected chi connectivity index (χ1v) is 6.68. The Morgan fingerprint density at radius 2 is 2.05 bits per heavy atom. The molecule has 1 aromatic carbocycles. The zero-order chi connectivity index (χ0) is 13.8. The van der Waals surface area contributed by atoms with E-state index < -0.39 is 0 Å². The summed E-state index contributed by atoms with van der Waals surface area (Å²) in [5.41, 5.74) is 1.32. The largest absolute Gasteiger partial charge is 0.322 e. The molecule has 0 aromatic heterocycles. The van der Waals surface area contributed by atoms with E-state index in [4.69, 9.17) is 5.26 Å². The zero-order valence-electron chi connectivity index (χ0n) is 11.4. The molecule has 4 heteroatoms. The van der Waals surface area contributed by atoms with Crippen molar-refractivity contribution < 1.29 is 4.79 Å². The molecule has 1 aliphatic carbocycles. The number of nitrogens with zero attached hydrogens (tertiary/aromatic N) is 2. The van der Waals surface area contributed by atoms with Gasteiger partial charge in [-0.2, -0.15) is 5.26 Å². The minimum atomic E-state index is -0.0633. The van der Waals surface area contributed by atoms with Gasteiger partial charge in [0.15, 0.2) is 0 Å². The second-order valence-electron chi connectivity index (χ2n) is 5.31. The first-order chi connectivity index (χ1) is 9.10. The molecule has 0 spiro atoms. The van der Waals surface area contributed by atoms with Crippen LogP contribution in [0.4, 0.5) is 10.5 Å². The van der Waals surface area contributed by atoms with Gasteiger partial charge in [-0.05, 0) is 56.9 Å². The number of rotatable bonds is 4. The molecule has 4 nitrogen and oxygen atoms in total. The van der Waals surface area contributed by atoms with E-state index in [2.05, 4.69) is 11.4 Å². The van der Waals surface area contributed by atoms with Crippen molar-refractivity contribution in [3.05, 3.63) is 29.8 Å². The predicted molar refractivity (Wildman–Crippen MR) is 74.7 cm³/mol. The van der Waals surface area contributed by atoms with E-state index in [0.29, 0.717) is 11.5 Å². The molecule has 2 amide bonds. The molecule has 0 atom stereocenters. The summed E-state index contributed by atoms with van der Waals surface area (Å²) in [5, 5.41) is 11.6. The van der Waals surface area contributed by atoms with Gasteiger partial charge in [0.05, 0.1) is 11.6 Å². The summed E-state index contributed by atoms with van der Waals surface area (Å²) in [6, 6.07) is 9.11. The number of amides is 2. The van der Waals surface area contributed by atoms with Crippen molar-refractivity contribution in [3.8, 4) is 6.07 Å². The van der Waals surface area contributed by atoms with Crippen molar-refractivity contribution in [3.63, 3.8) is 0 Å². The fourth-order valence-corrected chi connectivity index (χ4v) is 1.93. The van der Waals surface area contributed by atoms with Crippen LogP contribution in [0.3, 0.4) is 0 Å². The third-order valence-corrected chi connectivity index (χ3v) is 3.30. The maximum Gasteiger partial charge on any atom is 0.322 e. The van der Waals surface area contributed by atoms with Crippen LogP contribution in [-0.2, 0) is 0 Å². The van der Waals surface area contributed by atoms with Gasteiger partial charge in [-0.15, -0.1) is 0 Å². The van der Waals surface area contributed by atoms with Gasteiger partial charge in [-0.3, -0.25) is 0 Å². The van der Waals surface area contributed by atoms with Crippen LogP contribution in [0.1, 0.15) is 32.3 Å². The Bertz CT molecular complexity index is 483. The van der Waals surface area contributed by atoms with Crippen molar-refractivity contribution in [1.82, 2.24) is 4.90 Å². The van der Waals surface area contributed by atoms with Gasteiger partial charge in [0, 0.05) is 18.3 Å². The van der Waals surface area contributed by atoms with Gasteiger partial charge in [0.25, 0.3) is 0 Å². The van der Waals surface area contributed by atoms with Crippen LogP contribution in [0.25, 0.3) is 0 Å². The Balaban J connectivity index is 1.98. The van der Waals surface area contributed by atoms with E-state index >= 15 is 0 Å². The lowest BCUT2D eigenvalue weighted by atomic mass is 10.2. The zero-order valence-corrected chi connectivity index (χ0v) is 11.4. The first kappa shape index (κ1) is 13.4. The maximum atomic E-state index is 12.2. The highest BCUT2D eigenvalue weighted by Crippen LogP contribution is 2.30. The van der Waals surface area contributed by atoms with Gasteiger partial charge >= 0.3 is 6.03 Å². The summed E-state index contributed by atoms with van der Waals surface area (Å²) < 4.78 is 0. The third-order valence-electron chi connectivity index (χ3n) is 3.30. The van der Waals surface area contributed by atoms with Crippen molar-refractivity contribution in [2.45, 2.75) is 32.7 Å². The molecule has 1 saturated carbocycles. The molecule has 0 unspecified atom stereocenters. The van der Waals surface area contributed by atoms with Crippen LogP contribution in [-0.4, -0.2) is 23.5 Å². The lowest BCUT2D eigenvalue weighted by Crippen LogP contribution is -2.41. The highest BCUT2D eigenvalue weighted by Gasteiger charge is 2.28. The molecular formula is C15H19N3O. The summed E-state index contributed by atoms with van der Waals surface area (Å²) in [5.74, 6) is 0.675. The highest BCUT2D eigenvalue weighted by molar-refractivity contribution is 5.89. The van der Waals surface area contributed by atoms with Crippen LogP contribution in [0.5, 0.6) is 0 Å². The molecule has 2 rings (SSSR count). The Hall–Kier alpha value is -2.02. The number of benzene rings is 1. The van der Waals surface area contributed by atoms with Gasteiger partial charge in [-0.25, -0.2) is 4.79 Å². The van der Waals surface area contributed by atoms with E-state index in [1.165, 1.54) is 12.8 Å². The number of hydrogen-bond donors (Lipinski definition) is 1. The van der Waals surface area contributed by atoms with E-state index in [0.717, 1.165) is 12.2 Å². The van der Waals surface area contributed by atoms with Crippen LogP contribution in [0, 0.1) is 17.2 Å². The number of nitriles is 1. The normalized spacial score (nSPS) is 14.0. The standard InChI is InChI=1S/C15H19N3O/c1-11(2)18(10-13-3-4-13)15(19)17-14-7-5-12(9-16)6-8-14/h5-8,11,13H,3-4,10H2,1-2H3,(H,17,19). The SMILES string of the molecule is CC(C)N(CC1CC1)C(=O)Nc1ccc(C#N)cc1. The molecule has 0 radical (unpaired) electrons. The topological polar surface area (TPSA) is 56.1 Å². The molecule has 100 valence electrons. The van der Waals surface area contributed by atoms with Crippen LogP contribution >= 0.6 is 0 Å². The first-order valence-electron chi connectivity index (χ1n) is 6.68. The van der Waals surface area contributed by atoms with Crippen LogP contribution < -0.4 is 5.32 Å². The van der Waals surface area contributed by atoms with E-state index in [1.807, 2.05) is 18.7 Å². The molecular weight excluding hydrogens is 238 g/mol. The maximum absolute atomic E-state index is 12.2. The Labute approximate surface area is 114 Å². The van der Waals surface area contributed by atoms with E-state index in [-0.39, 0.29) is 12.1 Å². The predicted octanol–water partition coefficient (Wildman–Crippen LogP) is 3.21. The quantitative estimate of drug-likeness (QED) is 0.900. The molecule has 0 saturated heterocycles. The Morgan fingerprint density at radius 3 is 2.53 bits per heavy atom. The lowest BCUT2D eigenvalue weighted by molar-refractivity contribution is 0.194. The Morgan fingerprint density at radius 1 is 1.42 bits per heavy atom. The van der Waals surface area contributed by atoms with Crippen molar-refractivity contribution in [1.29, 1.82) is 5.26 Å². The van der Waals surface area contributed by atoms with Crippen molar-refractivity contribution >= 4 is 11.7 Å². The molecule has 1 N–H and O–H groups in total. The summed E-state index contributed by atoms with van der Waals surface area (Å²) in [4.78, 5) is 14.1. The summed E-state index contributed by atoms with van der Waals surface area (Å²) in [6.07, 6.45) is 2.46. The van der Waals surface area contributed by atoms with Gasteiger partial charge in [-0.1, -0.05) is 0 Å². The third kappa shape index (κ3) is 3.72. The number of nitrogens with one attached hydrogen (secondary N) is 1. The molecule has 19 heavy (non-hydrogen) atoms. The summed E-state index contributed by atoms with van der Waals surface area (Å²) in [7, 11) is 0. The van der Waals surface area contributed by atoms with Crippen molar-refractivity contribution in [2.24, 2.45) is 5.92 Å². The number of anilines is 1. The second kappa shape index (κ2) is 5.75. The minimum absolute atomic E-state index is 0.0633. The van der Waals surface area contributed by atoms with Gasteiger partial charge in [0.2, 0.25) is 0 Å². The highest BCUT2D eigenvalue weighted by atomic mass is 16.2. The second-order valence-corrected chi connectivity index (χ2v) is 5.31. The Kier molecular flexibility index (Phi) is 4.06. The number of carbonyl (C=O) groups is 1. The van der Waals surface area contributed by atoms with Gasteiger partial charge in [0.1, 0.15) is 0 Å². The molecule has 1 fully saturated rings. The molecule has 0 bridgehead atoms. The molecule has 1 aliphatic rings. The molecule has 0 aliphatic heterocycles. The fraction of sp³-hybridized carbons (Fsp3) is 0.467. The van der Waals surface area contributed by atoms with Crippen LogP contribution in [0.15, 0.2) is 24.3 Å². The fourth-order valence-electron chi connectivity index (χ4n) is 1.93. The smallest absolute Gasteiger partial charge is 0.322 e. The van der Waals surface area contributed by atoms with Crippen LogP contribution in [0.2, 0.25) is 0 Å². The minimum Gasteiger partial charge on any atom is -0.322 e. The monoisotopic (exact) mass is 257 g/mol. The summed E-state index contributed by atoms with van der Waals surface area (Å²) >= 11 is 0. The molecule has 0 heterocycles. The van der Waals surface area contributed by atoms with Crippen molar-refractivity contribution in [2.75, 3.05) is 11.9 Å². The number of carbonyl (C=O) groups excluding carboxylic acids is 1. The average molecular weight is 257 g/mol. The van der Waals surface area contributed by atoms with Gasteiger partial charge < -0.3 is 10.2 Å². The summed E-state index contributed by atoms with van der Waals surface area (Å²) in [6.45, 7) is 4.89. The lowest BCUT2D eigenvalue weighted by Gasteiger charge is -2.27. The van der Waals surface area contributed by atoms with E-state index in [9.17, 15) is 4.79 Å². The molecule has 1 aromatic rings. The number of urea groups is 1. The average Bonchev–Trinajstić information content (AvgIpc) is 3.20. The van der Waals surface area contributed by atoms with E-state index in [1.54, 1.807) is 24.3 Å².